The van der Waals surface area contributed by atoms with Crippen molar-refractivity contribution in [1.29, 1.82) is 0 Å². The number of hydrogen-bond donors (Lipinski definition) is 1. The minimum Gasteiger partial charge on any atom is -0.545 e. The number of hydrogen-bond acceptors (Lipinski definition) is 4. The van der Waals surface area contributed by atoms with E-state index in [0.29, 0.717) is 5.69 Å². The molecule has 0 spiro atoms. The standard InChI is InChI=1S/C17H16N2O2/c1-13(7-8-14-5-3-2-4-6-14)18-19-16-11-9-15(10-12-16)17(20)21/h2-12,19H,1H3,(H,20,21)/p-1/b8-7+,18-13+. The summed E-state index contributed by atoms with van der Waals surface area (Å²) in [5.41, 5.74) is 5.64. The lowest BCUT2D eigenvalue weighted by Crippen LogP contribution is -2.21. The summed E-state index contributed by atoms with van der Waals surface area (Å²) in [6, 6.07) is 16.2. The number of allylic oxidation sites excluding steroid dienone is 1. The van der Waals surface area contributed by atoms with Crippen molar-refractivity contribution in [3.8, 4) is 0 Å². The van der Waals surface area contributed by atoms with Crippen LogP contribution in [0.15, 0.2) is 65.8 Å². The van der Waals surface area contributed by atoms with Crippen molar-refractivity contribution in [2.24, 2.45) is 5.10 Å². The lowest BCUT2D eigenvalue weighted by molar-refractivity contribution is -0.255. The lowest BCUT2D eigenvalue weighted by Gasteiger charge is -2.04. The lowest BCUT2D eigenvalue weighted by atomic mass is 10.2. The predicted octanol–water partition coefficient (Wildman–Crippen LogP) is 2.55. The minimum absolute atomic E-state index is 0.144. The molecule has 0 aliphatic heterocycles. The first-order valence-corrected chi connectivity index (χ1v) is 6.50. The van der Waals surface area contributed by atoms with Crippen molar-refractivity contribution in [3.05, 3.63) is 71.8 Å². The smallest absolute Gasteiger partial charge is 0.0715 e. The van der Waals surface area contributed by atoms with Crippen LogP contribution < -0.4 is 10.5 Å². The molecule has 0 unspecified atom stereocenters. The second-order valence-corrected chi connectivity index (χ2v) is 4.47. The zero-order valence-corrected chi connectivity index (χ0v) is 11.6. The number of carboxylic acids is 1. The van der Waals surface area contributed by atoms with Gasteiger partial charge in [0, 0.05) is 0 Å². The van der Waals surface area contributed by atoms with Gasteiger partial charge in [-0.15, -0.1) is 0 Å². The van der Waals surface area contributed by atoms with Crippen LogP contribution in [0.4, 0.5) is 5.69 Å². The topological polar surface area (TPSA) is 64.5 Å². The molecule has 4 heteroatoms. The first-order chi connectivity index (χ1) is 10.1. The Kier molecular flexibility index (Phi) is 4.88. The zero-order valence-electron chi connectivity index (χ0n) is 11.6. The van der Waals surface area contributed by atoms with Crippen LogP contribution >= 0.6 is 0 Å². The van der Waals surface area contributed by atoms with Gasteiger partial charge in [-0.2, -0.15) is 5.10 Å². The number of carbonyl (C=O) groups is 1. The maximum atomic E-state index is 10.6. The highest BCUT2D eigenvalue weighted by molar-refractivity contribution is 5.96. The highest BCUT2D eigenvalue weighted by atomic mass is 16.4. The van der Waals surface area contributed by atoms with E-state index in [1.165, 1.54) is 12.1 Å². The number of nitrogens with one attached hydrogen (secondary N) is 1. The van der Waals surface area contributed by atoms with E-state index in [1.807, 2.05) is 49.4 Å². The number of hydrazone groups is 1. The molecule has 0 aliphatic carbocycles. The van der Waals surface area contributed by atoms with Gasteiger partial charge in [-0.3, -0.25) is 5.43 Å². The SMILES string of the molecule is CC(/C=C/c1ccccc1)=N\Nc1ccc(C(=O)[O-])cc1. The van der Waals surface area contributed by atoms with E-state index in [4.69, 9.17) is 0 Å². The van der Waals surface area contributed by atoms with E-state index in [-0.39, 0.29) is 5.56 Å². The molecule has 0 radical (unpaired) electrons. The monoisotopic (exact) mass is 279 g/mol. The van der Waals surface area contributed by atoms with Crippen LogP contribution in [0.5, 0.6) is 0 Å². The van der Waals surface area contributed by atoms with Gasteiger partial charge in [0.05, 0.1) is 17.4 Å². The van der Waals surface area contributed by atoms with Crippen molar-refractivity contribution in [2.75, 3.05) is 5.43 Å². The van der Waals surface area contributed by atoms with Gasteiger partial charge in [-0.05, 0) is 36.3 Å². The highest BCUT2D eigenvalue weighted by Crippen LogP contribution is 2.09. The van der Waals surface area contributed by atoms with Gasteiger partial charge < -0.3 is 9.90 Å². The van der Waals surface area contributed by atoms with Gasteiger partial charge in [-0.25, -0.2) is 0 Å². The Bertz CT molecular complexity index is 659. The van der Waals surface area contributed by atoms with Crippen molar-refractivity contribution in [1.82, 2.24) is 0 Å². The van der Waals surface area contributed by atoms with Crippen LogP contribution in [0.1, 0.15) is 22.8 Å². The third kappa shape index (κ3) is 4.62. The Hall–Kier alpha value is -2.88. The number of carboxylic acid groups (broad SMARTS) is 1. The summed E-state index contributed by atoms with van der Waals surface area (Å²) in [5, 5.41) is 14.8. The molecular formula is C17H15N2O2-. The largest absolute Gasteiger partial charge is 0.545 e. The molecule has 0 fully saturated rings. The number of aromatic carboxylic acids is 1. The highest BCUT2D eigenvalue weighted by Gasteiger charge is 1.94. The molecule has 2 aromatic carbocycles. The van der Waals surface area contributed by atoms with Crippen LogP contribution in [-0.2, 0) is 0 Å². The van der Waals surface area contributed by atoms with Crippen molar-refractivity contribution < 1.29 is 9.90 Å². The third-order valence-electron chi connectivity index (χ3n) is 2.80. The number of carbonyl (C=O) groups excluding carboxylic acids is 1. The van der Waals surface area contributed by atoms with Gasteiger partial charge >= 0.3 is 0 Å². The summed E-state index contributed by atoms with van der Waals surface area (Å²) in [6.45, 7) is 1.88. The fourth-order valence-corrected chi connectivity index (χ4v) is 1.65. The summed E-state index contributed by atoms with van der Waals surface area (Å²) in [5.74, 6) is -1.19. The molecule has 0 saturated carbocycles. The quantitative estimate of drug-likeness (QED) is 0.675. The fraction of sp³-hybridized carbons (Fsp3) is 0.0588. The van der Waals surface area contributed by atoms with E-state index in [9.17, 15) is 9.90 Å². The van der Waals surface area contributed by atoms with Crippen LogP contribution in [0, 0.1) is 0 Å². The summed E-state index contributed by atoms with van der Waals surface area (Å²) >= 11 is 0. The Balaban J connectivity index is 1.97. The summed E-state index contributed by atoms with van der Waals surface area (Å²) < 4.78 is 0. The third-order valence-corrected chi connectivity index (χ3v) is 2.80. The van der Waals surface area contributed by atoms with E-state index in [2.05, 4.69) is 10.5 Å². The normalized spacial score (nSPS) is 11.6. The molecule has 21 heavy (non-hydrogen) atoms. The second-order valence-electron chi connectivity index (χ2n) is 4.47. The van der Waals surface area contributed by atoms with E-state index < -0.39 is 5.97 Å². The molecule has 0 heterocycles. The molecule has 2 rings (SSSR count). The molecule has 0 aromatic heterocycles. The molecule has 0 bridgehead atoms. The molecule has 0 aliphatic rings. The van der Waals surface area contributed by atoms with E-state index in [1.54, 1.807) is 12.1 Å². The van der Waals surface area contributed by atoms with Crippen molar-refractivity contribution in [2.45, 2.75) is 6.92 Å². The van der Waals surface area contributed by atoms with Crippen LogP contribution in [-0.4, -0.2) is 11.7 Å². The van der Waals surface area contributed by atoms with Crippen LogP contribution in [0.2, 0.25) is 0 Å². The number of rotatable bonds is 5. The van der Waals surface area contributed by atoms with Crippen molar-refractivity contribution in [3.63, 3.8) is 0 Å². The molecule has 0 atom stereocenters. The van der Waals surface area contributed by atoms with Crippen molar-refractivity contribution >= 4 is 23.4 Å². The van der Waals surface area contributed by atoms with Crippen LogP contribution in [0.25, 0.3) is 6.08 Å². The number of benzene rings is 2. The number of nitrogens with zero attached hydrogens (tertiary/aromatic N) is 1. The van der Waals surface area contributed by atoms with Gasteiger partial charge in [0.25, 0.3) is 0 Å². The molecule has 2 aromatic rings. The Morgan fingerprint density at radius 3 is 2.38 bits per heavy atom. The maximum Gasteiger partial charge on any atom is 0.0715 e. The average Bonchev–Trinajstić information content (AvgIpc) is 2.52. The van der Waals surface area contributed by atoms with E-state index in [0.717, 1.165) is 11.3 Å². The van der Waals surface area contributed by atoms with Crippen LogP contribution in [0.3, 0.4) is 0 Å². The summed E-state index contributed by atoms with van der Waals surface area (Å²) in [7, 11) is 0. The van der Waals surface area contributed by atoms with Gasteiger partial charge in [-0.1, -0.05) is 48.5 Å². The first-order valence-electron chi connectivity index (χ1n) is 6.50. The Morgan fingerprint density at radius 1 is 1.10 bits per heavy atom. The molecule has 1 N–H and O–H groups in total. The van der Waals surface area contributed by atoms with Gasteiger partial charge in [0.2, 0.25) is 0 Å². The minimum atomic E-state index is -1.19. The zero-order chi connectivity index (χ0) is 15.1. The Morgan fingerprint density at radius 2 is 1.76 bits per heavy atom. The van der Waals surface area contributed by atoms with Gasteiger partial charge in [0.1, 0.15) is 0 Å². The predicted molar refractivity (Wildman–Crippen MR) is 83.0 cm³/mol. The summed E-state index contributed by atoms with van der Waals surface area (Å²) in [6.07, 6.45) is 3.87. The van der Waals surface area contributed by atoms with Gasteiger partial charge in [0.15, 0.2) is 0 Å². The molecule has 4 nitrogen and oxygen atoms in total. The maximum absolute atomic E-state index is 10.6. The molecular weight excluding hydrogens is 264 g/mol. The fourth-order valence-electron chi connectivity index (χ4n) is 1.65. The number of anilines is 1. The molecule has 106 valence electrons. The van der Waals surface area contributed by atoms with E-state index >= 15 is 0 Å². The average molecular weight is 279 g/mol. The Labute approximate surface area is 123 Å². The first kappa shape index (κ1) is 14.5. The second kappa shape index (κ2) is 7.05. The molecule has 0 amide bonds. The summed E-state index contributed by atoms with van der Waals surface area (Å²) in [4.78, 5) is 10.6. The molecule has 0 saturated heterocycles.